The molecule has 0 fully saturated rings. The van der Waals surface area contributed by atoms with Crippen LogP contribution in [0, 0.1) is 0 Å². The van der Waals surface area contributed by atoms with Crippen molar-refractivity contribution >= 4 is 28.3 Å². The van der Waals surface area contributed by atoms with Crippen molar-refractivity contribution in [2.75, 3.05) is 13.2 Å². The summed E-state index contributed by atoms with van der Waals surface area (Å²) in [7, 11) is 0. The SMILES string of the molecule is CCc1ccc(OCCCCn2c(CCNC(=O)c3cccs3)nc3ccccc32)cc1. The number of aryl methyl sites for hydroxylation is 2. The number of nitrogens with one attached hydrogen (secondary N) is 1. The van der Waals surface area contributed by atoms with Crippen LogP contribution in [0.25, 0.3) is 11.0 Å². The molecule has 2 heterocycles. The molecule has 2 aromatic carbocycles. The molecule has 166 valence electrons. The molecular weight excluding hydrogens is 418 g/mol. The first-order chi connectivity index (χ1) is 15.7. The molecule has 0 aliphatic carbocycles. The molecule has 6 heteroatoms. The van der Waals surface area contributed by atoms with Gasteiger partial charge in [0.25, 0.3) is 5.91 Å². The lowest BCUT2D eigenvalue weighted by Crippen LogP contribution is -2.25. The predicted molar refractivity (Wildman–Crippen MR) is 131 cm³/mol. The molecule has 0 saturated carbocycles. The van der Waals surface area contributed by atoms with Crippen molar-refractivity contribution in [1.29, 1.82) is 0 Å². The Morgan fingerprint density at radius 2 is 1.91 bits per heavy atom. The van der Waals surface area contributed by atoms with E-state index in [4.69, 9.17) is 9.72 Å². The highest BCUT2D eigenvalue weighted by Crippen LogP contribution is 2.18. The van der Waals surface area contributed by atoms with E-state index < -0.39 is 0 Å². The molecule has 4 aromatic rings. The van der Waals surface area contributed by atoms with Crippen LogP contribution >= 0.6 is 11.3 Å². The number of fused-ring (bicyclic) bond motifs is 1. The number of carbonyl (C=O) groups is 1. The smallest absolute Gasteiger partial charge is 0.261 e. The van der Waals surface area contributed by atoms with Crippen LogP contribution in [0.15, 0.2) is 66.0 Å². The molecule has 0 unspecified atom stereocenters. The molecule has 4 rings (SSSR count). The van der Waals surface area contributed by atoms with Gasteiger partial charge in [0.2, 0.25) is 0 Å². The molecule has 0 atom stereocenters. The first-order valence-corrected chi connectivity index (χ1v) is 12.1. The Labute approximate surface area is 193 Å². The number of unbranched alkanes of at least 4 members (excludes halogenated alkanes) is 1. The van der Waals surface area contributed by atoms with E-state index in [9.17, 15) is 4.79 Å². The van der Waals surface area contributed by atoms with Gasteiger partial charge in [-0.1, -0.05) is 37.3 Å². The minimum absolute atomic E-state index is 0.0215. The summed E-state index contributed by atoms with van der Waals surface area (Å²) in [4.78, 5) is 17.8. The second kappa shape index (κ2) is 11.0. The number of aromatic nitrogens is 2. The lowest BCUT2D eigenvalue weighted by Gasteiger charge is -2.11. The highest BCUT2D eigenvalue weighted by atomic mass is 32.1. The third-order valence-corrected chi connectivity index (χ3v) is 6.36. The summed E-state index contributed by atoms with van der Waals surface area (Å²) < 4.78 is 8.18. The third-order valence-electron chi connectivity index (χ3n) is 5.49. The van der Waals surface area contributed by atoms with E-state index in [0.717, 1.165) is 53.3 Å². The second-order valence-electron chi connectivity index (χ2n) is 7.70. The van der Waals surface area contributed by atoms with Gasteiger partial charge < -0.3 is 14.6 Å². The fourth-order valence-corrected chi connectivity index (χ4v) is 4.37. The van der Waals surface area contributed by atoms with E-state index in [-0.39, 0.29) is 5.91 Å². The first kappa shape index (κ1) is 22.1. The normalized spacial score (nSPS) is 11.0. The van der Waals surface area contributed by atoms with Crippen molar-refractivity contribution in [2.24, 2.45) is 0 Å². The van der Waals surface area contributed by atoms with E-state index in [1.807, 2.05) is 47.8 Å². The van der Waals surface area contributed by atoms with Gasteiger partial charge in [0.05, 0.1) is 22.5 Å². The van der Waals surface area contributed by atoms with E-state index in [1.165, 1.54) is 16.9 Å². The van der Waals surface area contributed by atoms with Gasteiger partial charge in [-0.05, 0) is 60.5 Å². The topological polar surface area (TPSA) is 56.1 Å². The van der Waals surface area contributed by atoms with Crippen LogP contribution in [0.2, 0.25) is 0 Å². The van der Waals surface area contributed by atoms with Gasteiger partial charge in [0.15, 0.2) is 0 Å². The Bertz CT molecular complexity index is 1130. The molecule has 0 spiro atoms. The zero-order chi connectivity index (χ0) is 22.2. The van der Waals surface area contributed by atoms with E-state index in [0.29, 0.717) is 19.6 Å². The van der Waals surface area contributed by atoms with E-state index >= 15 is 0 Å². The summed E-state index contributed by atoms with van der Waals surface area (Å²) >= 11 is 1.46. The molecule has 1 N–H and O–H groups in total. The summed E-state index contributed by atoms with van der Waals surface area (Å²) in [6, 6.07) is 20.3. The number of thiophene rings is 1. The summed E-state index contributed by atoms with van der Waals surface area (Å²) in [5.74, 6) is 1.91. The van der Waals surface area contributed by atoms with Crippen LogP contribution in [-0.4, -0.2) is 28.6 Å². The van der Waals surface area contributed by atoms with Crippen LogP contribution in [0.3, 0.4) is 0 Å². The number of amides is 1. The number of para-hydroxylation sites is 2. The van der Waals surface area contributed by atoms with Gasteiger partial charge in [0.1, 0.15) is 11.6 Å². The standard InChI is InChI=1S/C26H29N3O2S/c1-2-20-11-13-21(14-12-20)31-18-6-5-17-29-23-9-4-3-8-22(23)28-25(29)15-16-27-26(30)24-10-7-19-32-24/h3-4,7-14,19H,2,5-6,15-18H2,1H3,(H,27,30). The van der Waals surface area contributed by atoms with Crippen molar-refractivity contribution in [3.8, 4) is 5.75 Å². The largest absolute Gasteiger partial charge is 0.494 e. The van der Waals surface area contributed by atoms with Gasteiger partial charge in [-0.25, -0.2) is 4.98 Å². The summed E-state index contributed by atoms with van der Waals surface area (Å²) in [6.45, 7) is 4.30. The Kier molecular flexibility index (Phi) is 7.56. The van der Waals surface area contributed by atoms with Crippen molar-refractivity contribution in [2.45, 2.75) is 39.2 Å². The number of hydrogen-bond donors (Lipinski definition) is 1. The Balaban J connectivity index is 1.31. The van der Waals surface area contributed by atoms with E-state index in [1.54, 1.807) is 0 Å². The van der Waals surface area contributed by atoms with Crippen LogP contribution < -0.4 is 10.1 Å². The monoisotopic (exact) mass is 447 g/mol. The summed E-state index contributed by atoms with van der Waals surface area (Å²) in [6.07, 6.45) is 3.71. The lowest BCUT2D eigenvalue weighted by atomic mass is 10.2. The number of imidazole rings is 1. The first-order valence-electron chi connectivity index (χ1n) is 11.2. The van der Waals surface area contributed by atoms with Gasteiger partial charge in [-0.3, -0.25) is 4.79 Å². The molecule has 0 aliphatic heterocycles. The number of benzene rings is 2. The fourth-order valence-electron chi connectivity index (χ4n) is 3.73. The summed E-state index contributed by atoms with van der Waals surface area (Å²) in [5, 5.41) is 4.92. The zero-order valence-electron chi connectivity index (χ0n) is 18.4. The summed E-state index contributed by atoms with van der Waals surface area (Å²) in [5.41, 5.74) is 3.46. The maximum Gasteiger partial charge on any atom is 0.261 e. The second-order valence-corrected chi connectivity index (χ2v) is 8.65. The number of ether oxygens (including phenoxy) is 1. The molecule has 0 radical (unpaired) electrons. The maximum atomic E-state index is 12.2. The van der Waals surface area contributed by atoms with Crippen LogP contribution in [0.5, 0.6) is 5.75 Å². The number of nitrogens with zero attached hydrogens (tertiary/aromatic N) is 2. The van der Waals surface area contributed by atoms with Crippen molar-refractivity contribution < 1.29 is 9.53 Å². The van der Waals surface area contributed by atoms with Crippen LogP contribution in [0.1, 0.15) is 40.8 Å². The van der Waals surface area contributed by atoms with Crippen molar-refractivity contribution in [3.05, 3.63) is 82.3 Å². The minimum atomic E-state index is -0.0215. The highest BCUT2D eigenvalue weighted by Gasteiger charge is 2.11. The molecule has 1 amide bonds. The average Bonchev–Trinajstić information content (AvgIpc) is 3.48. The molecule has 32 heavy (non-hydrogen) atoms. The Hall–Kier alpha value is -3.12. The molecule has 0 saturated heterocycles. The minimum Gasteiger partial charge on any atom is -0.494 e. The lowest BCUT2D eigenvalue weighted by molar-refractivity contribution is 0.0958. The highest BCUT2D eigenvalue weighted by molar-refractivity contribution is 7.12. The molecule has 0 bridgehead atoms. The van der Waals surface area contributed by atoms with Crippen molar-refractivity contribution in [3.63, 3.8) is 0 Å². The molecule has 5 nitrogen and oxygen atoms in total. The fraction of sp³-hybridized carbons (Fsp3) is 0.308. The number of carbonyl (C=O) groups excluding carboxylic acids is 1. The Morgan fingerprint density at radius 3 is 2.69 bits per heavy atom. The number of hydrogen-bond acceptors (Lipinski definition) is 4. The van der Waals surface area contributed by atoms with Gasteiger partial charge in [0, 0.05) is 19.5 Å². The van der Waals surface area contributed by atoms with Crippen LogP contribution in [-0.2, 0) is 19.4 Å². The molecular formula is C26H29N3O2S. The number of rotatable bonds is 11. The quantitative estimate of drug-likeness (QED) is 0.309. The van der Waals surface area contributed by atoms with Gasteiger partial charge >= 0.3 is 0 Å². The van der Waals surface area contributed by atoms with Crippen LogP contribution in [0.4, 0.5) is 0 Å². The maximum absolute atomic E-state index is 12.2. The molecule has 2 aromatic heterocycles. The van der Waals surface area contributed by atoms with Gasteiger partial charge in [-0.2, -0.15) is 0 Å². The third kappa shape index (κ3) is 5.56. The van der Waals surface area contributed by atoms with Crippen molar-refractivity contribution in [1.82, 2.24) is 14.9 Å². The van der Waals surface area contributed by atoms with E-state index in [2.05, 4.69) is 35.0 Å². The molecule has 0 aliphatic rings. The Morgan fingerprint density at radius 1 is 1.06 bits per heavy atom. The average molecular weight is 448 g/mol. The van der Waals surface area contributed by atoms with Gasteiger partial charge in [-0.15, -0.1) is 11.3 Å². The zero-order valence-corrected chi connectivity index (χ0v) is 19.2. The predicted octanol–water partition coefficient (Wildman–Crippen LogP) is 5.49.